The van der Waals surface area contributed by atoms with Crippen LogP contribution in [0.5, 0.6) is 0 Å². The first-order chi connectivity index (χ1) is 9.28. The van der Waals surface area contributed by atoms with Gasteiger partial charge in [0.15, 0.2) is 5.58 Å². The molecule has 3 saturated heterocycles. The number of oxazole rings is 1. The van der Waals surface area contributed by atoms with E-state index in [0.29, 0.717) is 17.7 Å². The van der Waals surface area contributed by atoms with E-state index in [1.54, 1.807) is 0 Å². The molecule has 3 aliphatic heterocycles. The van der Waals surface area contributed by atoms with Crippen molar-refractivity contribution in [3.05, 3.63) is 18.2 Å². The van der Waals surface area contributed by atoms with Gasteiger partial charge in [-0.05, 0) is 44.0 Å². The Balaban J connectivity index is 1.58. The van der Waals surface area contributed by atoms with Crippen LogP contribution < -0.4 is 11.1 Å². The quantitative estimate of drug-likeness (QED) is 0.805. The van der Waals surface area contributed by atoms with Gasteiger partial charge in [0.1, 0.15) is 5.52 Å². The van der Waals surface area contributed by atoms with E-state index in [2.05, 4.69) is 15.2 Å². The fourth-order valence-electron chi connectivity index (χ4n) is 3.29. The van der Waals surface area contributed by atoms with Gasteiger partial charge < -0.3 is 20.4 Å². The number of nitrogen functional groups attached to an aromatic ring is 1. The van der Waals surface area contributed by atoms with Crippen molar-refractivity contribution in [3.63, 3.8) is 0 Å². The lowest BCUT2D eigenvalue weighted by Gasteiger charge is -2.44. The predicted octanol–water partition coefficient (Wildman–Crippen LogP) is 1.92. The highest BCUT2D eigenvalue weighted by atomic mass is 16.4. The average molecular weight is 258 g/mol. The molecule has 3 fully saturated rings. The van der Waals surface area contributed by atoms with Gasteiger partial charge in [0.25, 0.3) is 6.01 Å². The Morgan fingerprint density at radius 3 is 2.89 bits per heavy atom. The minimum atomic E-state index is 0.466. The van der Waals surface area contributed by atoms with Gasteiger partial charge in [0.2, 0.25) is 0 Å². The number of aromatic nitrogens is 1. The Labute approximate surface area is 111 Å². The van der Waals surface area contributed by atoms with Crippen LogP contribution in [-0.4, -0.2) is 35.6 Å². The molecule has 5 heteroatoms. The molecule has 5 rings (SSSR count). The van der Waals surface area contributed by atoms with E-state index in [9.17, 15) is 0 Å². The normalized spacial score (nSPS) is 29.8. The second kappa shape index (κ2) is 4.13. The Bertz CT molecular complexity index is 601. The highest BCUT2D eigenvalue weighted by molar-refractivity contribution is 5.78. The Morgan fingerprint density at radius 1 is 1.32 bits per heavy atom. The first-order valence-corrected chi connectivity index (χ1v) is 6.93. The number of benzene rings is 1. The van der Waals surface area contributed by atoms with E-state index in [0.717, 1.165) is 23.6 Å². The van der Waals surface area contributed by atoms with Gasteiger partial charge in [-0.15, -0.1) is 0 Å². The van der Waals surface area contributed by atoms with Crippen LogP contribution in [0, 0.1) is 5.92 Å². The molecule has 0 spiro atoms. The summed E-state index contributed by atoms with van der Waals surface area (Å²) >= 11 is 0. The molecule has 0 saturated carbocycles. The summed E-state index contributed by atoms with van der Waals surface area (Å²) in [5.74, 6) is 0.755. The van der Waals surface area contributed by atoms with Crippen molar-refractivity contribution in [3.8, 4) is 0 Å². The third-order valence-corrected chi connectivity index (χ3v) is 4.38. The van der Waals surface area contributed by atoms with Gasteiger partial charge >= 0.3 is 0 Å². The molecular formula is C14H18N4O. The molecule has 4 heterocycles. The van der Waals surface area contributed by atoms with Gasteiger partial charge in [0, 0.05) is 24.3 Å². The van der Waals surface area contributed by atoms with Crippen LogP contribution >= 0.6 is 0 Å². The van der Waals surface area contributed by atoms with Gasteiger partial charge in [-0.25, -0.2) is 0 Å². The molecule has 0 radical (unpaired) electrons. The number of anilines is 2. The predicted molar refractivity (Wildman–Crippen MR) is 75.0 cm³/mol. The number of piperidine rings is 3. The molecule has 1 aromatic carbocycles. The summed E-state index contributed by atoms with van der Waals surface area (Å²) in [4.78, 5) is 6.99. The largest absolute Gasteiger partial charge is 0.423 e. The third-order valence-electron chi connectivity index (χ3n) is 4.38. The van der Waals surface area contributed by atoms with Crippen LogP contribution in [-0.2, 0) is 0 Å². The van der Waals surface area contributed by atoms with Gasteiger partial charge in [-0.1, -0.05) is 0 Å². The Hall–Kier alpha value is -1.75. The lowest BCUT2D eigenvalue weighted by atomic mass is 9.84. The Morgan fingerprint density at radius 2 is 2.16 bits per heavy atom. The summed E-state index contributed by atoms with van der Waals surface area (Å²) in [5, 5.41) is 3.46. The van der Waals surface area contributed by atoms with E-state index in [4.69, 9.17) is 10.2 Å². The van der Waals surface area contributed by atoms with Crippen molar-refractivity contribution >= 4 is 22.8 Å². The fourth-order valence-corrected chi connectivity index (χ4v) is 3.29. The summed E-state index contributed by atoms with van der Waals surface area (Å²) < 4.78 is 5.74. The lowest BCUT2D eigenvalue weighted by molar-refractivity contribution is 0.0965. The molecular weight excluding hydrogens is 240 g/mol. The highest BCUT2D eigenvalue weighted by Crippen LogP contribution is 2.30. The number of nitrogens with two attached hydrogens (primary N) is 1. The van der Waals surface area contributed by atoms with Crippen LogP contribution in [0.4, 0.5) is 11.7 Å². The highest BCUT2D eigenvalue weighted by Gasteiger charge is 2.34. The third kappa shape index (κ3) is 1.94. The number of fused-ring (bicyclic) bond motifs is 4. The summed E-state index contributed by atoms with van der Waals surface area (Å²) in [6.07, 6.45) is 2.57. The molecule has 19 heavy (non-hydrogen) atoms. The molecule has 0 amide bonds. The zero-order chi connectivity index (χ0) is 12.8. The molecule has 1 aromatic heterocycles. The van der Waals surface area contributed by atoms with E-state index in [1.807, 2.05) is 18.2 Å². The molecule has 5 nitrogen and oxygen atoms in total. The smallest absolute Gasteiger partial charge is 0.295 e. The Kier molecular flexibility index (Phi) is 2.41. The zero-order valence-electron chi connectivity index (χ0n) is 10.8. The molecule has 2 aromatic rings. The molecule has 100 valence electrons. The van der Waals surface area contributed by atoms with E-state index in [1.165, 1.54) is 25.9 Å². The van der Waals surface area contributed by atoms with Crippen molar-refractivity contribution in [2.75, 3.05) is 30.7 Å². The van der Waals surface area contributed by atoms with Gasteiger partial charge in [-0.2, -0.15) is 4.98 Å². The van der Waals surface area contributed by atoms with Crippen LogP contribution in [0.25, 0.3) is 11.1 Å². The SMILES string of the molecule is Nc1ccc2nc(NC3CN4CCC3CC4)oc2c1. The average Bonchev–Trinajstić information content (AvgIpc) is 2.81. The van der Waals surface area contributed by atoms with Crippen molar-refractivity contribution in [2.45, 2.75) is 18.9 Å². The number of hydrogen-bond donors (Lipinski definition) is 2. The van der Waals surface area contributed by atoms with E-state index >= 15 is 0 Å². The first kappa shape index (κ1) is 11.1. The second-order valence-corrected chi connectivity index (χ2v) is 5.64. The summed E-state index contributed by atoms with van der Waals surface area (Å²) in [7, 11) is 0. The van der Waals surface area contributed by atoms with E-state index in [-0.39, 0.29) is 0 Å². The monoisotopic (exact) mass is 258 g/mol. The minimum Gasteiger partial charge on any atom is -0.423 e. The standard InChI is InChI=1S/C14H18N4O/c15-10-1-2-11-13(7-10)19-14(16-11)17-12-8-18-5-3-9(12)4-6-18/h1-2,7,9,12H,3-6,8,15H2,(H,16,17). The minimum absolute atomic E-state index is 0.466. The number of hydrogen-bond acceptors (Lipinski definition) is 5. The molecule has 3 N–H and O–H groups in total. The van der Waals surface area contributed by atoms with Crippen molar-refractivity contribution < 1.29 is 4.42 Å². The van der Waals surface area contributed by atoms with Gasteiger partial charge in [-0.3, -0.25) is 0 Å². The van der Waals surface area contributed by atoms with Crippen molar-refractivity contribution in [1.82, 2.24) is 9.88 Å². The summed E-state index contributed by atoms with van der Waals surface area (Å²) in [6.45, 7) is 3.59. The second-order valence-electron chi connectivity index (χ2n) is 5.64. The van der Waals surface area contributed by atoms with Crippen LogP contribution in [0.15, 0.2) is 22.6 Å². The van der Waals surface area contributed by atoms with Crippen molar-refractivity contribution in [1.29, 1.82) is 0 Å². The van der Waals surface area contributed by atoms with Crippen LogP contribution in [0.2, 0.25) is 0 Å². The maximum absolute atomic E-state index is 5.75. The molecule has 0 aliphatic carbocycles. The van der Waals surface area contributed by atoms with E-state index < -0.39 is 0 Å². The maximum atomic E-state index is 5.75. The molecule has 1 unspecified atom stereocenters. The first-order valence-electron chi connectivity index (χ1n) is 6.93. The lowest BCUT2D eigenvalue weighted by Crippen LogP contribution is -2.53. The number of nitrogens with zero attached hydrogens (tertiary/aromatic N) is 2. The summed E-state index contributed by atoms with van der Waals surface area (Å²) in [6, 6.07) is 6.66. The molecule has 2 bridgehead atoms. The number of nitrogens with one attached hydrogen (secondary N) is 1. The van der Waals surface area contributed by atoms with Crippen LogP contribution in [0.1, 0.15) is 12.8 Å². The molecule has 1 atom stereocenters. The fraction of sp³-hybridized carbons (Fsp3) is 0.500. The van der Waals surface area contributed by atoms with Crippen LogP contribution in [0.3, 0.4) is 0 Å². The number of rotatable bonds is 2. The maximum Gasteiger partial charge on any atom is 0.295 e. The molecule has 3 aliphatic rings. The van der Waals surface area contributed by atoms with Gasteiger partial charge in [0.05, 0.1) is 0 Å². The van der Waals surface area contributed by atoms with Crippen molar-refractivity contribution in [2.24, 2.45) is 5.92 Å². The zero-order valence-corrected chi connectivity index (χ0v) is 10.8. The summed E-state index contributed by atoms with van der Waals surface area (Å²) in [5.41, 5.74) is 8.07. The topological polar surface area (TPSA) is 67.3 Å².